The van der Waals surface area contributed by atoms with Gasteiger partial charge >= 0.3 is 12.0 Å². The monoisotopic (exact) mass is 282 g/mol. The van der Waals surface area contributed by atoms with Crippen molar-refractivity contribution in [1.82, 2.24) is 10.2 Å². The van der Waals surface area contributed by atoms with Crippen molar-refractivity contribution >= 4 is 12.0 Å². The van der Waals surface area contributed by atoms with Gasteiger partial charge in [-0.05, 0) is 45.4 Å². The van der Waals surface area contributed by atoms with Crippen LogP contribution in [0, 0.1) is 11.3 Å². The highest BCUT2D eigenvalue weighted by molar-refractivity contribution is 5.78. The van der Waals surface area contributed by atoms with E-state index in [4.69, 9.17) is 0 Å². The van der Waals surface area contributed by atoms with Gasteiger partial charge < -0.3 is 15.3 Å². The number of urea groups is 1. The van der Waals surface area contributed by atoms with Crippen LogP contribution >= 0.6 is 0 Å². The first-order valence-electron chi connectivity index (χ1n) is 7.72. The third-order valence-electron chi connectivity index (χ3n) is 4.63. The van der Waals surface area contributed by atoms with Crippen molar-refractivity contribution in [3.05, 3.63) is 0 Å². The minimum absolute atomic E-state index is 0.112. The minimum atomic E-state index is -0.770. The number of carbonyl (C=O) groups excluding carboxylic acids is 1. The van der Waals surface area contributed by atoms with Gasteiger partial charge in [0.25, 0.3) is 0 Å². The fourth-order valence-corrected chi connectivity index (χ4v) is 2.97. The van der Waals surface area contributed by atoms with Gasteiger partial charge in [0.1, 0.15) is 0 Å². The standard InChI is InChI=1S/C15H26N2O3/c1-11(2)17(9-12-5-6-12)14(20)16-10-15(13(18)19)7-3-4-8-15/h11-12H,3-10H2,1-2H3,(H,16,20)(H,18,19). The molecule has 0 aromatic carbocycles. The summed E-state index contributed by atoms with van der Waals surface area (Å²) in [6, 6.07) is 0.0411. The summed E-state index contributed by atoms with van der Waals surface area (Å²) in [6.07, 6.45) is 5.64. The molecule has 0 bridgehead atoms. The van der Waals surface area contributed by atoms with E-state index in [0.717, 1.165) is 19.4 Å². The first-order valence-corrected chi connectivity index (χ1v) is 7.72. The zero-order valence-corrected chi connectivity index (χ0v) is 12.5. The van der Waals surface area contributed by atoms with E-state index in [0.29, 0.717) is 18.8 Å². The normalized spacial score (nSPS) is 20.9. The van der Waals surface area contributed by atoms with Crippen molar-refractivity contribution in [2.24, 2.45) is 11.3 Å². The van der Waals surface area contributed by atoms with Crippen LogP contribution in [0.3, 0.4) is 0 Å². The van der Waals surface area contributed by atoms with Gasteiger partial charge in [0.2, 0.25) is 0 Å². The van der Waals surface area contributed by atoms with E-state index in [2.05, 4.69) is 5.32 Å². The summed E-state index contributed by atoms with van der Waals surface area (Å²) in [5, 5.41) is 12.3. The number of hydrogen-bond donors (Lipinski definition) is 2. The Morgan fingerprint density at radius 2 is 1.90 bits per heavy atom. The lowest BCUT2D eigenvalue weighted by Gasteiger charge is -2.30. The molecule has 5 heteroatoms. The molecule has 2 aliphatic rings. The maximum absolute atomic E-state index is 12.3. The Morgan fingerprint density at radius 1 is 1.30 bits per heavy atom. The van der Waals surface area contributed by atoms with Gasteiger partial charge in [-0.25, -0.2) is 4.79 Å². The number of nitrogens with one attached hydrogen (secondary N) is 1. The maximum atomic E-state index is 12.3. The van der Waals surface area contributed by atoms with Gasteiger partial charge in [-0.3, -0.25) is 4.79 Å². The number of aliphatic carboxylic acids is 1. The van der Waals surface area contributed by atoms with E-state index >= 15 is 0 Å². The second-order valence-corrected chi connectivity index (χ2v) is 6.64. The lowest BCUT2D eigenvalue weighted by molar-refractivity contribution is -0.148. The summed E-state index contributed by atoms with van der Waals surface area (Å²) in [4.78, 5) is 25.6. The van der Waals surface area contributed by atoms with Crippen molar-refractivity contribution in [2.45, 2.75) is 58.4 Å². The number of carbonyl (C=O) groups is 2. The Balaban J connectivity index is 1.90. The summed E-state index contributed by atoms with van der Waals surface area (Å²) in [6.45, 7) is 5.06. The predicted molar refractivity (Wildman–Crippen MR) is 76.5 cm³/mol. The molecule has 0 saturated heterocycles. The molecule has 2 aliphatic carbocycles. The smallest absolute Gasteiger partial charge is 0.317 e. The third-order valence-corrected chi connectivity index (χ3v) is 4.63. The quantitative estimate of drug-likeness (QED) is 0.786. The Kier molecular flexibility index (Phi) is 4.55. The molecule has 0 aromatic heterocycles. The number of hydrogen-bond acceptors (Lipinski definition) is 2. The molecule has 2 fully saturated rings. The van der Waals surface area contributed by atoms with Crippen LogP contribution in [0.25, 0.3) is 0 Å². The second-order valence-electron chi connectivity index (χ2n) is 6.64. The van der Waals surface area contributed by atoms with Crippen LogP contribution in [0.1, 0.15) is 52.4 Å². The molecule has 5 nitrogen and oxygen atoms in total. The summed E-state index contributed by atoms with van der Waals surface area (Å²) in [7, 11) is 0. The molecular formula is C15H26N2O3. The van der Waals surface area contributed by atoms with Gasteiger partial charge in [-0.15, -0.1) is 0 Å². The fraction of sp³-hybridized carbons (Fsp3) is 0.867. The highest BCUT2D eigenvalue weighted by Gasteiger charge is 2.42. The number of rotatable bonds is 6. The molecule has 2 amide bonds. The molecule has 0 unspecified atom stereocenters. The lowest BCUT2D eigenvalue weighted by atomic mass is 9.86. The Morgan fingerprint density at radius 3 is 2.35 bits per heavy atom. The second kappa shape index (κ2) is 6.02. The Labute approximate surface area is 120 Å². The number of carboxylic acids is 1. The molecule has 0 radical (unpaired) electrons. The molecule has 0 spiro atoms. The average molecular weight is 282 g/mol. The summed E-state index contributed by atoms with van der Waals surface area (Å²) in [5.41, 5.74) is -0.738. The number of nitrogens with zero attached hydrogens (tertiary/aromatic N) is 1. The molecule has 114 valence electrons. The van der Waals surface area contributed by atoms with Gasteiger partial charge in [0, 0.05) is 19.1 Å². The molecule has 0 aliphatic heterocycles. The summed E-state index contributed by atoms with van der Waals surface area (Å²) in [5.74, 6) is -0.128. The zero-order valence-electron chi connectivity index (χ0n) is 12.5. The minimum Gasteiger partial charge on any atom is -0.481 e. The van der Waals surface area contributed by atoms with Crippen LogP contribution in [-0.2, 0) is 4.79 Å². The Bertz CT molecular complexity index is 371. The van der Waals surface area contributed by atoms with E-state index in [1.165, 1.54) is 12.8 Å². The first-order chi connectivity index (χ1) is 9.44. The highest BCUT2D eigenvalue weighted by Crippen LogP contribution is 2.38. The zero-order chi connectivity index (χ0) is 14.8. The Hall–Kier alpha value is -1.26. The molecule has 0 atom stereocenters. The van der Waals surface area contributed by atoms with Crippen LogP contribution in [0.15, 0.2) is 0 Å². The van der Waals surface area contributed by atoms with E-state index in [1.807, 2.05) is 18.7 Å². The largest absolute Gasteiger partial charge is 0.481 e. The lowest BCUT2D eigenvalue weighted by Crippen LogP contribution is -2.49. The van der Waals surface area contributed by atoms with Gasteiger partial charge in [-0.2, -0.15) is 0 Å². The topological polar surface area (TPSA) is 69.6 Å². The van der Waals surface area contributed by atoms with E-state index in [1.54, 1.807) is 0 Å². The van der Waals surface area contributed by atoms with Gasteiger partial charge in [0.05, 0.1) is 5.41 Å². The van der Waals surface area contributed by atoms with E-state index in [-0.39, 0.29) is 18.6 Å². The van der Waals surface area contributed by atoms with Crippen molar-refractivity contribution in [3.63, 3.8) is 0 Å². The van der Waals surface area contributed by atoms with E-state index < -0.39 is 11.4 Å². The van der Waals surface area contributed by atoms with Crippen LogP contribution in [0.5, 0.6) is 0 Å². The molecule has 2 saturated carbocycles. The molecule has 2 rings (SSSR count). The first kappa shape index (κ1) is 15.1. The van der Waals surface area contributed by atoms with Crippen LogP contribution in [0.4, 0.5) is 4.79 Å². The molecule has 2 N–H and O–H groups in total. The maximum Gasteiger partial charge on any atom is 0.317 e. The van der Waals surface area contributed by atoms with Gasteiger partial charge in [-0.1, -0.05) is 12.8 Å². The van der Waals surface area contributed by atoms with Crippen molar-refractivity contribution < 1.29 is 14.7 Å². The highest BCUT2D eigenvalue weighted by atomic mass is 16.4. The van der Waals surface area contributed by atoms with Crippen molar-refractivity contribution in [2.75, 3.05) is 13.1 Å². The summed E-state index contributed by atoms with van der Waals surface area (Å²) < 4.78 is 0. The molecule has 0 heterocycles. The fourth-order valence-electron chi connectivity index (χ4n) is 2.97. The van der Waals surface area contributed by atoms with Crippen LogP contribution in [0.2, 0.25) is 0 Å². The SMILES string of the molecule is CC(C)N(CC1CC1)C(=O)NCC1(C(=O)O)CCCC1. The van der Waals surface area contributed by atoms with Crippen molar-refractivity contribution in [1.29, 1.82) is 0 Å². The molecule has 20 heavy (non-hydrogen) atoms. The van der Waals surface area contributed by atoms with Crippen molar-refractivity contribution in [3.8, 4) is 0 Å². The van der Waals surface area contributed by atoms with Crippen LogP contribution in [-0.4, -0.2) is 41.1 Å². The number of carboxylic acid groups (broad SMARTS) is 1. The number of amides is 2. The van der Waals surface area contributed by atoms with Gasteiger partial charge in [0.15, 0.2) is 0 Å². The summed E-state index contributed by atoms with van der Waals surface area (Å²) >= 11 is 0. The van der Waals surface area contributed by atoms with Crippen LogP contribution < -0.4 is 5.32 Å². The third kappa shape index (κ3) is 3.44. The van der Waals surface area contributed by atoms with E-state index in [9.17, 15) is 14.7 Å². The predicted octanol–water partition coefficient (Wildman–Crippen LogP) is 2.46. The molecule has 0 aromatic rings. The average Bonchev–Trinajstić information content (AvgIpc) is 3.08. The molecular weight excluding hydrogens is 256 g/mol.